The smallest absolute Gasteiger partial charge is 0.271 e. The number of thiazole rings is 1. The molecule has 3 aromatic rings. The minimum absolute atomic E-state index is 0.0780. The summed E-state index contributed by atoms with van der Waals surface area (Å²) in [4.78, 5) is 19.4. The van der Waals surface area contributed by atoms with E-state index in [1.807, 2.05) is 31.2 Å². The lowest BCUT2D eigenvalue weighted by molar-refractivity contribution is 1.01. The topological polar surface area (TPSA) is 57.8 Å². The highest BCUT2D eigenvalue weighted by Gasteiger charge is 2.07. The van der Waals surface area contributed by atoms with Crippen LogP contribution in [0.5, 0.6) is 0 Å². The van der Waals surface area contributed by atoms with Crippen molar-refractivity contribution in [3.05, 3.63) is 57.0 Å². The van der Waals surface area contributed by atoms with Gasteiger partial charge in [-0.2, -0.15) is 0 Å². The molecule has 5 heteroatoms. The van der Waals surface area contributed by atoms with E-state index in [-0.39, 0.29) is 5.56 Å². The van der Waals surface area contributed by atoms with Gasteiger partial charge in [-0.15, -0.1) is 11.3 Å². The van der Waals surface area contributed by atoms with E-state index >= 15 is 0 Å². The molecule has 0 aliphatic carbocycles. The first-order valence-electron chi connectivity index (χ1n) is 6.98. The Balaban J connectivity index is 1.82. The van der Waals surface area contributed by atoms with Crippen LogP contribution in [0.3, 0.4) is 0 Å². The number of anilines is 1. The number of para-hydroxylation sites is 1. The van der Waals surface area contributed by atoms with Crippen molar-refractivity contribution in [2.45, 2.75) is 26.8 Å². The first-order chi connectivity index (χ1) is 10.2. The fourth-order valence-electron chi connectivity index (χ4n) is 2.33. The Hall–Kier alpha value is -2.14. The fraction of sp³-hybridized carbons (Fsp3) is 0.250. The van der Waals surface area contributed by atoms with Gasteiger partial charge in [0.2, 0.25) is 0 Å². The molecule has 2 heterocycles. The molecule has 4 nitrogen and oxygen atoms in total. The third kappa shape index (κ3) is 2.83. The molecule has 0 bridgehead atoms. The number of rotatable bonds is 4. The van der Waals surface area contributed by atoms with Gasteiger partial charge in [-0.05, 0) is 37.1 Å². The first-order valence-corrected chi connectivity index (χ1v) is 7.80. The lowest BCUT2D eigenvalue weighted by Crippen LogP contribution is -2.16. The average molecular weight is 299 g/mol. The summed E-state index contributed by atoms with van der Waals surface area (Å²) in [5.74, 6) is 0. The summed E-state index contributed by atoms with van der Waals surface area (Å²) in [6, 6.07) is 9.99. The summed E-state index contributed by atoms with van der Waals surface area (Å²) in [5.41, 5.74) is 3.63. The number of fused-ring (bicyclic) bond motifs is 1. The van der Waals surface area contributed by atoms with Crippen LogP contribution in [-0.4, -0.2) is 9.97 Å². The summed E-state index contributed by atoms with van der Waals surface area (Å²) in [5, 5.41) is 4.18. The molecule has 0 radical (unpaired) electrons. The Kier molecular flexibility index (Phi) is 3.75. The molecule has 0 atom stereocenters. The van der Waals surface area contributed by atoms with Gasteiger partial charge in [0.25, 0.3) is 5.56 Å². The van der Waals surface area contributed by atoms with Crippen LogP contribution in [0.2, 0.25) is 0 Å². The highest BCUT2D eigenvalue weighted by Crippen LogP contribution is 2.22. The predicted octanol–water partition coefficient (Wildman–Crippen LogP) is 3.47. The third-order valence-corrected chi connectivity index (χ3v) is 4.53. The molecule has 21 heavy (non-hydrogen) atoms. The van der Waals surface area contributed by atoms with Gasteiger partial charge in [0, 0.05) is 5.69 Å². The molecule has 0 aliphatic heterocycles. The predicted molar refractivity (Wildman–Crippen MR) is 88.1 cm³/mol. The first kappa shape index (κ1) is 13.8. The summed E-state index contributed by atoms with van der Waals surface area (Å²) in [7, 11) is 0. The summed E-state index contributed by atoms with van der Waals surface area (Å²) in [6.45, 7) is 4.57. The van der Waals surface area contributed by atoms with Gasteiger partial charge in [-0.25, -0.2) is 4.98 Å². The maximum Gasteiger partial charge on any atom is 0.271 e. The van der Waals surface area contributed by atoms with E-state index in [2.05, 4.69) is 28.3 Å². The summed E-state index contributed by atoms with van der Waals surface area (Å²) >= 11 is 1.65. The van der Waals surface area contributed by atoms with Gasteiger partial charge >= 0.3 is 0 Å². The van der Waals surface area contributed by atoms with Crippen LogP contribution in [0.4, 0.5) is 5.69 Å². The van der Waals surface area contributed by atoms with E-state index in [0.717, 1.165) is 28.2 Å². The average Bonchev–Trinajstić information content (AvgIpc) is 2.89. The maximum absolute atomic E-state index is 12.0. The highest BCUT2D eigenvalue weighted by atomic mass is 32.1. The quantitative estimate of drug-likeness (QED) is 0.775. The van der Waals surface area contributed by atoms with Crippen LogP contribution in [0, 0.1) is 6.92 Å². The molecule has 0 amide bonds. The molecule has 108 valence electrons. The van der Waals surface area contributed by atoms with Gasteiger partial charge < -0.3 is 10.3 Å². The number of pyridine rings is 1. The van der Waals surface area contributed by atoms with Crippen LogP contribution >= 0.6 is 11.3 Å². The second kappa shape index (κ2) is 5.69. The fourth-order valence-corrected chi connectivity index (χ4v) is 3.24. The molecular weight excluding hydrogens is 282 g/mol. The Morgan fingerprint density at radius 1 is 1.33 bits per heavy atom. The summed E-state index contributed by atoms with van der Waals surface area (Å²) < 4.78 is 1.17. The molecule has 0 fully saturated rings. The molecule has 0 spiro atoms. The minimum Gasteiger partial charge on any atom is -0.374 e. The zero-order chi connectivity index (χ0) is 14.8. The second-order valence-corrected chi connectivity index (χ2v) is 6.06. The van der Waals surface area contributed by atoms with Crippen molar-refractivity contribution in [2.24, 2.45) is 0 Å². The van der Waals surface area contributed by atoms with Crippen LogP contribution in [-0.2, 0) is 13.0 Å². The molecule has 0 aliphatic rings. The van der Waals surface area contributed by atoms with E-state index in [0.29, 0.717) is 12.2 Å². The maximum atomic E-state index is 12.0. The SMILES string of the molecule is CCc1cc(NCc2nc3ccccc3s2)c(=O)[nH]c1C. The normalized spacial score (nSPS) is 11.0. The number of aromatic nitrogens is 2. The van der Waals surface area contributed by atoms with Gasteiger partial charge in [-0.1, -0.05) is 19.1 Å². The standard InChI is InChI=1S/C16H17N3OS/c1-3-11-8-13(16(20)18-10(11)2)17-9-15-19-12-6-4-5-7-14(12)21-15/h4-8,17H,3,9H2,1-2H3,(H,18,20). The van der Waals surface area contributed by atoms with E-state index in [9.17, 15) is 4.79 Å². The second-order valence-electron chi connectivity index (χ2n) is 4.94. The molecule has 1 aromatic carbocycles. The highest BCUT2D eigenvalue weighted by molar-refractivity contribution is 7.18. The van der Waals surface area contributed by atoms with Crippen molar-refractivity contribution in [2.75, 3.05) is 5.32 Å². The number of hydrogen-bond donors (Lipinski definition) is 2. The van der Waals surface area contributed by atoms with E-state index in [1.54, 1.807) is 11.3 Å². The number of nitrogens with zero attached hydrogens (tertiary/aromatic N) is 1. The Morgan fingerprint density at radius 3 is 2.90 bits per heavy atom. The van der Waals surface area contributed by atoms with Crippen molar-refractivity contribution in [3.8, 4) is 0 Å². The zero-order valence-electron chi connectivity index (χ0n) is 12.1. The number of hydrogen-bond acceptors (Lipinski definition) is 4. The van der Waals surface area contributed by atoms with Gasteiger partial charge in [-0.3, -0.25) is 4.79 Å². The lowest BCUT2D eigenvalue weighted by Gasteiger charge is -2.07. The number of H-pyrrole nitrogens is 1. The molecule has 0 unspecified atom stereocenters. The Morgan fingerprint density at radius 2 is 2.14 bits per heavy atom. The molecule has 2 aromatic heterocycles. The lowest BCUT2D eigenvalue weighted by atomic mass is 10.1. The van der Waals surface area contributed by atoms with Crippen LogP contribution in [0.1, 0.15) is 23.2 Å². The largest absolute Gasteiger partial charge is 0.374 e. The van der Waals surface area contributed by atoms with E-state index in [4.69, 9.17) is 0 Å². The van der Waals surface area contributed by atoms with E-state index in [1.165, 1.54) is 4.70 Å². The van der Waals surface area contributed by atoms with Crippen molar-refractivity contribution < 1.29 is 0 Å². The number of nitrogens with one attached hydrogen (secondary N) is 2. The number of aryl methyl sites for hydroxylation is 2. The zero-order valence-corrected chi connectivity index (χ0v) is 12.9. The van der Waals surface area contributed by atoms with Gasteiger partial charge in [0.05, 0.1) is 16.8 Å². The molecule has 2 N–H and O–H groups in total. The number of aromatic amines is 1. The van der Waals surface area contributed by atoms with Crippen molar-refractivity contribution in [1.82, 2.24) is 9.97 Å². The molecular formula is C16H17N3OS. The van der Waals surface area contributed by atoms with Crippen LogP contribution < -0.4 is 10.9 Å². The summed E-state index contributed by atoms with van der Waals surface area (Å²) in [6.07, 6.45) is 0.901. The van der Waals surface area contributed by atoms with Crippen LogP contribution in [0.15, 0.2) is 35.1 Å². The van der Waals surface area contributed by atoms with Crippen molar-refractivity contribution >= 4 is 27.2 Å². The van der Waals surface area contributed by atoms with Gasteiger partial charge in [0.1, 0.15) is 10.7 Å². The van der Waals surface area contributed by atoms with Crippen LogP contribution in [0.25, 0.3) is 10.2 Å². The Labute approximate surface area is 126 Å². The third-order valence-electron chi connectivity index (χ3n) is 3.50. The van der Waals surface area contributed by atoms with Gasteiger partial charge in [0.15, 0.2) is 0 Å². The molecule has 0 saturated carbocycles. The van der Waals surface area contributed by atoms with Crippen molar-refractivity contribution in [3.63, 3.8) is 0 Å². The minimum atomic E-state index is -0.0780. The Bertz CT molecular complexity index is 802. The number of benzene rings is 1. The molecule has 3 rings (SSSR count). The monoisotopic (exact) mass is 299 g/mol. The van der Waals surface area contributed by atoms with E-state index < -0.39 is 0 Å². The van der Waals surface area contributed by atoms with Crippen molar-refractivity contribution in [1.29, 1.82) is 0 Å². The molecule has 0 saturated heterocycles.